The molecule has 8 heteroatoms. The fraction of sp³-hybridized carbons (Fsp3) is 0.333. The maximum absolute atomic E-state index is 11.2. The monoisotopic (exact) mass is 314 g/mol. The standard InChI is InChI=1S/C12H12Cl2N4O2/c1-12(2,11(19)20)6-18-10(15-16-17-18)8-4-3-7(13)5-9(8)14/h3-5H,6H2,1-2H3,(H,19,20). The van der Waals surface area contributed by atoms with Crippen LogP contribution in [0.15, 0.2) is 18.2 Å². The molecule has 0 unspecified atom stereocenters. The van der Waals surface area contributed by atoms with Crippen LogP contribution in [0.4, 0.5) is 0 Å². The van der Waals surface area contributed by atoms with Crippen LogP contribution in [0.1, 0.15) is 13.8 Å². The summed E-state index contributed by atoms with van der Waals surface area (Å²) in [5, 5.41) is 21.4. The van der Waals surface area contributed by atoms with Crippen molar-refractivity contribution in [3.8, 4) is 11.4 Å². The molecule has 1 N–H and O–H groups in total. The van der Waals surface area contributed by atoms with Gasteiger partial charge in [-0.1, -0.05) is 23.2 Å². The summed E-state index contributed by atoms with van der Waals surface area (Å²) in [6.45, 7) is 3.33. The largest absolute Gasteiger partial charge is 0.481 e. The summed E-state index contributed by atoms with van der Waals surface area (Å²) in [6.07, 6.45) is 0. The number of tetrazole rings is 1. The maximum Gasteiger partial charge on any atom is 0.310 e. The number of hydrogen-bond acceptors (Lipinski definition) is 4. The number of nitrogens with zero attached hydrogens (tertiary/aromatic N) is 4. The molecule has 2 rings (SSSR count). The van der Waals surface area contributed by atoms with Crippen molar-refractivity contribution in [3.05, 3.63) is 28.2 Å². The van der Waals surface area contributed by atoms with E-state index in [4.69, 9.17) is 28.3 Å². The molecule has 0 saturated heterocycles. The molecule has 0 atom stereocenters. The lowest BCUT2D eigenvalue weighted by Gasteiger charge is -2.19. The molecule has 0 aliphatic carbocycles. The quantitative estimate of drug-likeness (QED) is 0.938. The van der Waals surface area contributed by atoms with Crippen LogP contribution in [0.25, 0.3) is 11.4 Å². The third kappa shape index (κ3) is 2.91. The molecule has 0 aliphatic rings. The summed E-state index contributed by atoms with van der Waals surface area (Å²) in [6, 6.07) is 4.95. The van der Waals surface area contributed by atoms with E-state index >= 15 is 0 Å². The second kappa shape index (κ2) is 5.38. The van der Waals surface area contributed by atoms with Crippen molar-refractivity contribution >= 4 is 29.2 Å². The van der Waals surface area contributed by atoms with Crippen LogP contribution in [-0.2, 0) is 11.3 Å². The smallest absolute Gasteiger partial charge is 0.310 e. The van der Waals surface area contributed by atoms with E-state index in [9.17, 15) is 4.79 Å². The van der Waals surface area contributed by atoms with E-state index in [-0.39, 0.29) is 6.54 Å². The number of aromatic nitrogens is 4. The summed E-state index contributed by atoms with van der Waals surface area (Å²) < 4.78 is 1.42. The van der Waals surface area contributed by atoms with Gasteiger partial charge in [0, 0.05) is 10.6 Å². The van der Waals surface area contributed by atoms with Crippen LogP contribution < -0.4 is 0 Å². The van der Waals surface area contributed by atoms with Gasteiger partial charge >= 0.3 is 5.97 Å². The zero-order valence-corrected chi connectivity index (χ0v) is 12.4. The first-order valence-corrected chi connectivity index (χ1v) is 6.52. The zero-order valence-electron chi connectivity index (χ0n) is 10.8. The molecule has 0 aliphatic heterocycles. The molecular weight excluding hydrogens is 303 g/mol. The molecule has 106 valence electrons. The molecular formula is C12H12Cl2N4O2. The molecule has 0 amide bonds. The molecule has 2 aromatic rings. The molecule has 0 fully saturated rings. The lowest BCUT2D eigenvalue weighted by molar-refractivity contribution is -0.147. The molecule has 0 spiro atoms. The lowest BCUT2D eigenvalue weighted by Crippen LogP contribution is -2.30. The molecule has 1 aromatic carbocycles. The Hall–Kier alpha value is -1.66. The highest BCUT2D eigenvalue weighted by atomic mass is 35.5. The van der Waals surface area contributed by atoms with Gasteiger partial charge in [0.25, 0.3) is 0 Å². The Bertz CT molecular complexity index is 655. The van der Waals surface area contributed by atoms with Crippen molar-refractivity contribution in [1.82, 2.24) is 20.2 Å². The number of carbonyl (C=O) groups is 1. The minimum absolute atomic E-state index is 0.129. The number of hydrogen-bond donors (Lipinski definition) is 1. The van der Waals surface area contributed by atoms with Crippen molar-refractivity contribution in [2.24, 2.45) is 5.41 Å². The Labute approximate surface area is 125 Å². The Kier molecular flexibility index (Phi) is 3.96. The maximum atomic E-state index is 11.2. The van der Waals surface area contributed by atoms with Gasteiger partial charge in [-0.05, 0) is 42.5 Å². The molecule has 0 saturated carbocycles. The van der Waals surface area contributed by atoms with E-state index in [1.54, 1.807) is 32.0 Å². The van der Waals surface area contributed by atoms with E-state index in [2.05, 4.69) is 15.5 Å². The van der Waals surface area contributed by atoms with Gasteiger partial charge in [0.05, 0.1) is 17.0 Å². The summed E-state index contributed by atoms with van der Waals surface area (Å²) in [7, 11) is 0. The average molecular weight is 315 g/mol. The Balaban J connectivity index is 2.41. The fourth-order valence-corrected chi connectivity index (χ4v) is 2.11. The minimum atomic E-state index is -0.997. The average Bonchev–Trinajstić information content (AvgIpc) is 2.76. The van der Waals surface area contributed by atoms with Gasteiger partial charge in [0.1, 0.15) is 0 Å². The highest BCUT2D eigenvalue weighted by Crippen LogP contribution is 2.29. The van der Waals surface area contributed by atoms with Crippen molar-refractivity contribution in [1.29, 1.82) is 0 Å². The van der Waals surface area contributed by atoms with E-state index < -0.39 is 11.4 Å². The zero-order chi connectivity index (χ0) is 14.9. The first kappa shape index (κ1) is 14.7. The van der Waals surface area contributed by atoms with Gasteiger partial charge in [-0.2, -0.15) is 0 Å². The SMILES string of the molecule is CC(C)(Cn1nnnc1-c1ccc(Cl)cc1Cl)C(=O)O. The van der Waals surface area contributed by atoms with Gasteiger partial charge in [-0.15, -0.1) is 5.10 Å². The van der Waals surface area contributed by atoms with Crippen molar-refractivity contribution in [2.45, 2.75) is 20.4 Å². The van der Waals surface area contributed by atoms with Crippen molar-refractivity contribution in [3.63, 3.8) is 0 Å². The fourth-order valence-electron chi connectivity index (χ4n) is 1.62. The predicted molar refractivity (Wildman–Crippen MR) is 74.7 cm³/mol. The second-order valence-electron chi connectivity index (χ2n) is 4.97. The van der Waals surface area contributed by atoms with Crippen LogP contribution in [0.3, 0.4) is 0 Å². The van der Waals surface area contributed by atoms with Crippen LogP contribution in [0.5, 0.6) is 0 Å². The van der Waals surface area contributed by atoms with Crippen LogP contribution in [0, 0.1) is 5.41 Å². The number of benzene rings is 1. The van der Waals surface area contributed by atoms with Gasteiger partial charge in [-0.3, -0.25) is 4.79 Å². The summed E-state index contributed by atoms with van der Waals surface area (Å²) in [4.78, 5) is 11.2. The molecule has 0 radical (unpaired) electrons. The van der Waals surface area contributed by atoms with E-state index in [0.717, 1.165) is 0 Å². The number of carboxylic acids is 1. The first-order valence-electron chi connectivity index (χ1n) is 5.76. The summed E-state index contributed by atoms with van der Waals surface area (Å²) in [5.41, 5.74) is -0.398. The Morgan fingerprint density at radius 3 is 2.70 bits per heavy atom. The van der Waals surface area contributed by atoms with Crippen LogP contribution in [-0.4, -0.2) is 31.3 Å². The molecule has 1 aromatic heterocycles. The molecule has 20 heavy (non-hydrogen) atoms. The topological polar surface area (TPSA) is 80.9 Å². The third-order valence-electron chi connectivity index (χ3n) is 2.83. The number of carboxylic acid groups (broad SMARTS) is 1. The minimum Gasteiger partial charge on any atom is -0.481 e. The second-order valence-corrected chi connectivity index (χ2v) is 5.82. The van der Waals surface area contributed by atoms with Gasteiger partial charge in [0.15, 0.2) is 5.82 Å². The van der Waals surface area contributed by atoms with Gasteiger partial charge in [0.2, 0.25) is 0 Å². The van der Waals surface area contributed by atoms with Crippen LogP contribution in [0.2, 0.25) is 10.0 Å². The Morgan fingerprint density at radius 1 is 1.40 bits per heavy atom. The summed E-state index contributed by atoms with van der Waals surface area (Å²) in [5.74, 6) is -0.526. The van der Waals surface area contributed by atoms with Gasteiger partial charge in [-0.25, -0.2) is 4.68 Å². The molecule has 1 heterocycles. The van der Waals surface area contributed by atoms with Gasteiger partial charge < -0.3 is 5.11 Å². The van der Waals surface area contributed by atoms with Crippen molar-refractivity contribution < 1.29 is 9.90 Å². The lowest BCUT2D eigenvalue weighted by atomic mass is 9.94. The number of aliphatic carboxylic acids is 1. The molecule has 0 bridgehead atoms. The Morgan fingerprint density at radius 2 is 2.10 bits per heavy atom. The van der Waals surface area contributed by atoms with E-state index in [0.29, 0.717) is 21.4 Å². The first-order chi connectivity index (χ1) is 9.31. The highest BCUT2D eigenvalue weighted by Gasteiger charge is 2.30. The number of halogens is 2. The van der Waals surface area contributed by atoms with Crippen LogP contribution >= 0.6 is 23.2 Å². The van der Waals surface area contributed by atoms with E-state index in [1.807, 2.05) is 0 Å². The van der Waals surface area contributed by atoms with Crippen molar-refractivity contribution in [2.75, 3.05) is 0 Å². The normalized spacial score (nSPS) is 11.6. The van der Waals surface area contributed by atoms with E-state index in [1.165, 1.54) is 4.68 Å². The summed E-state index contributed by atoms with van der Waals surface area (Å²) >= 11 is 12.0. The highest BCUT2D eigenvalue weighted by molar-refractivity contribution is 6.36. The number of rotatable bonds is 4. The molecule has 6 nitrogen and oxygen atoms in total. The third-order valence-corrected chi connectivity index (χ3v) is 3.38. The predicted octanol–water partition coefficient (Wildman–Crippen LogP) is 2.76.